The van der Waals surface area contributed by atoms with Crippen molar-refractivity contribution >= 4 is 23.1 Å². The SMILES string of the molecule is CC(C)CN(CCC(N)=S)C(=O)c1cccc(F)c1F. The lowest BCUT2D eigenvalue weighted by Crippen LogP contribution is -2.37. The molecule has 1 amide bonds. The van der Waals surface area contributed by atoms with Crippen LogP contribution >= 0.6 is 12.2 Å². The molecule has 6 heteroatoms. The van der Waals surface area contributed by atoms with E-state index in [2.05, 4.69) is 0 Å². The Kier molecular flexibility index (Phi) is 6.01. The van der Waals surface area contributed by atoms with Crippen molar-refractivity contribution in [3.05, 3.63) is 35.4 Å². The molecule has 0 saturated carbocycles. The molecule has 0 radical (unpaired) electrons. The molecule has 0 aliphatic rings. The van der Waals surface area contributed by atoms with Crippen molar-refractivity contribution in [1.82, 2.24) is 4.90 Å². The van der Waals surface area contributed by atoms with Crippen molar-refractivity contribution in [3.63, 3.8) is 0 Å². The molecule has 0 aliphatic carbocycles. The summed E-state index contributed by atoms with van der Waals surface area (Å²) < 4.78 is 26.9. The fraction of sp³-hybridized carbons (Fsp3) is 0.429. The van der Waals surface area contributed by atoms with Gasteiger partial charge in [-0.2, -0.15) is 0 Å². The smallest absolute Gasteiger partial charge is 0.256 e. The topological polar surface area (TPSA) is 46.3 Å². The third kappa shape index (κ3) is 4.52. The third-order valence-electron chi connectivity index (χ3n) is 2.68. The van der Waals surface area contributed by atoms with E-state index >= 15 is 0 Å². The lowest BCUT2D eigenvalue weighted by molar-refractivity contribution is 0.0735. The van der Waals surface area contributed by atoms with E-state index in [1.54, 1.807) is 0 Å². The fourth-order valence-electron chi connectivity index (χ4n) is 1.80. The lowest BCUT2D eigenvalue weighted by atomic mass is 10.1. The minimum Gasteiger partial charge on any atom is -0.393 e. The Morgan fingerprint density at radius 1 is 1.40 bits per heavy atom. The number of halogens is 2. The molecule has 0 aliphatic heterocycles. The number of nitrogens with two attached hydrogens (primary N) is 1. The maximum absolute atomic E-state index is 13.7. The molecule has 1 aromatic rings. The van der Waals surface area contributed by atoms with Crippen LogP contribution in [-0.2, 0) is 0 Å². The molecule has 1 aromatic carbocycles. The van der Waals surface area contributed by atoms with E-state index in [0.29, 0.717) is 19.5 Å². The minimum absolute atomic E-state index is 0.196. The van der Waals surface area contributed by atoms with Crippen molar-refractivity contribution in [2.45, 2.75) is 20.3 Å². The monoisotopic (exact) mass is 300 g/mol. The summed E-state index contributed by atoms with van der Waals surface area (Å²) in [6.45, 7) is 4.59. The van der Waals surface area contributed by atoms with Crippen molar-refractivity contribution in [2.24, 2.45) is 11.7 Å². The number of benzene rings is 1. The molecule has 0 spiro atoms. The Balaban J connectivity index is 2.96. The van der Waals surface area contributed by atoms with Gasteiger partial charge in [-0.25, -0.2) is 8.78 Å². The molecule has 0 fully saturated rings. The molecule has 20 heavy (non-hydrogen) atoms. The largest absolute Gasteiger partial charge is 0.393 e. The van der Waals surface area contributed by atoms with Gasteiger partial charge in [-0.1, -0.05) is 32.1 Å². The zero-order valence-corrected chi connectivity index (χ0v) is 12.3. The van der Waals surface area contributed by atoms with Crippen LogP contribution in [0.15, 0.2) is 18.2 Å². The van der Waals surface area contributed by atoms with Crippen LogP contribution in [0, 0.1) is 17.6 Å². The Morgan fingerprint density at radius 2 is 2.05 bits per heavy atom. The van der Waals surface area contributed by atoms with Gasteiger partial charge < -0.3 is 10.6 Å². The lowest BCUT2D eigenvalue weighted by Gasteiger charge is -2.24. The number of thiocarbonyl (C=S) groups is 1. The molecular formula is C14H18F2N2OS. The van der Waals surface area contributed by atoms with Crippen LogP contribution in [0.1, 0.15) is 30.6 Å². The van der Waals surface area contributed by atoms with Gasteiger partial charge in [0.25, 0.3) is 5.91 Å². The molecule has 0 unspecified atom stereocenters. The number of carbonyl (C=O) groups is 1. The second-order valence-electron chi connectivity index (χ2n) is 4.96. The summed E-state index contributed by atoms with van der Waals surface area (Å²) in [7, 11) is 0. The van der Waals surface area contributed by atoms with Gasteiger partial charge in [0.05, 0.1) is 10.6 Å². The van der Waals surface area contributed by atoms with Crippen LogP contribution in [0.3, 0.4) is 0 Å². The molecule has 0 saturated heterocycles. The average molecular weight is 300 g/mol. The predicted molar refractivity (Wildman–Crippen MR) is 78.5 cm³/mol. The van der Waals surface area contributed by atoms with E-state index in [9.17, 15) is 13.6 Å². The van der Waals surface area contributed by atoms with E-state index in [4.69, 9.17) is 18.0 Å². The normalized spacial score (nSPS) is 10.7. The molecule has 110 valence electrons. The van der Waals surface area contributed by atoms with Crippen LogP contribution < -0.4 is 5.73 Å². The average Bonchev–Trinajstić information content (AvgIpc) is 2.36. The third-order valence-corrected chi connectivity index (χ3v) is 2.89. The van der Waals surface area contributed by atoms with Crippen molar-refractivity contribution in [1.29, 1.82) is 0 Å². The summed E-state index contributed by atoms with van der Waals surface area (Å²) in [6, 6.07) is 3.56. The van der Waals surface area contributed by atoms with E-state index in [0.717, 1.165) is 6.07 Å². The van der Waals surface area contributed by atoms with Crippen molar-refractivity contribution in [3.8, 4) is 0 Å². The van der Waals surface area contributed by atoms with Gasteiger partial charge in [-0.3, -0.25) is 4.79 Å². The first-order valence-corrected chi connectivity index (χ1v) is 6.75. The highest BCUT2D eigenvalue weighted by molar-refractivity contribution is 7.80. The zero-order valence-electron chi connectivity index (χ0n) is 11.5. The highest BCUT2D eigenvalue weighted by atomic mass is 32.1. The first-order chi connectivity index (χ1) is 9.32. The van der Waals surface area contributed by atoms with Crippen LogP contribution in [0.2, 0.25) is 0 Å². The Labute approximate surface area is 122 Å². The molecule has 0 bridgehead atoms. The molecule has 1 rings (SSSR count). The Morgan fingerprint density at radius 3 is 2.60 bits per heavy atom. The number of amides is 1. The Bertz CT molecular complexity index is 506. The van der Waals surface area contributed by atoms with Gasteiger partial charge >= 0.3 is 0 Å². The van der Waals surface area contributed by atoms with E-state index < -0.39 is 17.5 Å². The van der Waals surface area contributed by atoms with Gasteiger partial charge in [0.15, 0.2) is 11.6 Å². The van der Waals surface area contributed by atoms with E-state index in [-0.39, 0.29) is 16.5 Å². The van der Waals surface area contributed by atoms with Gasteiger partial charge in [-0.05, 0) is 18.1 Å². The predicted octanol–water partition coefficient (Wildman–Crippen LogP) is 2.74. The number of hydrogen-bond donors (Lipinski definition) is 1. The van der Waals surface area contributed by atoms with E-state index in [1.807, 2.05) is 13.8 Å². The highest BCUT2D eigenvalue weighted by Gasteiger charge is 2.21. The summed E-state index contributed by atoms with van der Waals surface area (Å²) in [5, 5.41) is 0. The molecular weight excluding hydrogens is 282 g/mol. The summed E-state index contributed by atoms with van der Waals surface area (Å²) in [5.41, 5.74) is 5.15. The fourth-order valence-corrected chi connectivity index (χ4v) is 1.89. The summed E-state index contributed by atoms with van der Waals surface area (Å²) >= 11 is 4.78. The van der Waals surface area contributed by atoms with Gasteiger partial charge in [0.1, 0.15) is 0 Å². The molecule has 0 aromatic heterocycles. The summed E-state index contributed by atoms with van der Waals surface area (Å²) in [5.74, 6) is -2.51. The number of carbonyl (C=O) groups excluding carboxylic acids is 1. The molecule has 3 nitrogen and oxygen atoms in total. The quantitative estimate of drug-likeness (QED) is 0.822. The van der Waals surface area contributed by atoms with Crippen LogP contribution in [0.4, 0.5) is 8.78 Å². The number of hydrogen-bond acceptors (Lipinski definition) is 2. The number of rotatable bonds is 6. The molecule has 2 N–H and O–H groups in total. The molecule has 0 atom stereocenters. The van der Waals surface area contributed by atoms with Gasteiger partial charge in [0.2, 0.25) is 0 Å². The first-order valence-electron chi connectivity index (χ1n) is 6.34. The standard InChI is InChI=1S/C14H18F2N2OS/c1-9(2)8-18(7-6-12(17)20)14(19)10-4-3-5-11(15)13(10)16/h3-5,9H,6-8H2,1-2H3,(H2,17,20). The second-order valence-corrected chi connectivity index (χ2v) is 5.49. The zero-order chi connectivity index (χ0) is 15.3. The van der Waals surface area contributed by atoms with E-state index in [1.165, 1.54) is 17.0 Å². The van der Waals surface area contributed by atoms with Crippen molar-refractivity contribution < 1.29 is 13.6 Å². The van der Waals surface area contributed by atoms with Crippen LogP contribution in [0.25, 0.3) is 0 Å². The second kappa shape index (κ2) is 7.28. The van der Waals surface area contributed by atoms with Crippen LogP contribution in [0.5, 0.6) is 0 Å². The summed E-state index contributed by atoms with van der Waals surface area (Å²) in [6.07, 6.45) is 0.352. The maximum Gasteiger partial charge on any atom is 0.256 e. The van der Waals surface area contributed by atoms with Gasteiger partial charge in [0, 0.05) is 19.5 Å². The van der Waals surface area contributed by atoms with Gasteiger partial charge in [-0.15, -0.1) is 0 Å². The first kappa shape index (κ1) is 16.5. The minimum atomic E-state index is -1.12. The number of nitrogens with zero attached hydrogens (tertiary/aromatic N) is 1. The Hall–Kier alpha value is -1.56. The molecule has 0 heterocycles. The highest BCUT2D eigenvalue weighted by Crippen LogP contribution is 2.15. The maximum atomic E-state index is 13.7. The van der Waals surface area contributed by atoms with Crippen LogP contribution in [-0.4, -0.2) is 28.9 Å². The van der Waals surface area contributed by atoms with Crippen molar-refractivity contribution in [2.75, 3.05) is 13.1 Å². The summed E-state index contributed by atoms with van der Waals surface area (Å²) in [4.78, 5) is 14.0.